The molecule has 1 aromatic rings. The van der Waals surface area contributed by atoms with E-state index in [2.05, 4.69) is 16.7 Å². The standard InChI is InChI=1S/C15H22N2O2/c1-16-11-15(7-8-15)14(18)17-9-6-12-4-3-5-13(10-12)19-2/h3-5,10,16H,6-9,11H2,1-2H3,(H,17,18). The third-order valence-corrected chi connectivity index (χ3v) is 3.68. The highest BCUT2D eigenvalue weighted by molar-refractivity contribution is 5.85. The average molecular weight is 262 g/mol. The summed E-state index contributed by atoms with van der Waals surface area (Å²) in [5.41, 5.74) is 1.04. The molecule has 104 valence electrons. The number of carbonyl (C=O) groups excluding carboxylic acids is 1. The lowest BCUT2D eigenvalue weighted by molar-refractivity contribution is -0.126. The first-order chi connectivity index (χ1) is 9.20. The number of methoxy groups -OCH3 is 1. The van der Waals surface area contributed by atoms with Crippen molar-refractivity contribution in [3.05, 3.63) is 29.8 Å². The molecule has 2 N–H and O–H groups in total. The Labute approximate surface area is 114 Å². The highest BCUT2D eigenvalue weighted by Crippen LogP contribution is 2.45. The second-order valence-corrected chi connectivity index (χ2v) is 5.17. The molecular formula is C15H22N2O2. The fraction of sp³-hybridized carbons (Fsp3) is 0.533. The van der Waals surface area contributed by atoms with E-state index < -0.39 is 0 Å². The number of benzene rings is 1. The van der Waals surface area contributed by atoms with E-state index in [1.807, 2.05) is 25.2 Å². The summed E-state index contributed by atoms with van der Waals surface area (Å²) in [6, 6.07) is 7.95. The summed E-state index contributed by atoms with van der Waals surface area (Å²) in [5.74, 6) is 1.04. The van der Waals surface area contributed by atoms with Crippen LogP contribution in [0.5, 0.6) is 5.75 Å². The fourth-order valence-corrected chi connectivity index (χ4v) is 2.31. The van der Waals surface area contributed by atoms with E-state index >= 15 is 0 Å². The molecular weight excluding hydrogens is 240 g/mol. The summed E-state index contributed by atoms with van der Waals surface area (Å²) in [5, 5.41) is 6.13. The minimum absolute atomic E-state index is 0.136. The van der Waals surface area contributed by atoms with Gasteiger partial charge in [-0.3, -0.25) is 4.79 Å². The van der Waals surface area contributed by atoms with Crippen LogP contribution in [0.2, 0.25) is 0 Å². The number of carbonyl (C=O) groups is 1. The lowest BCUT2D eigenvalue weighted by Crippen LogP contribution is -2.38. The molecule has 0 saturated heterocycles. The third-order valence-electron chi connectivity index (χ3n) is 3.68. The summed E-state index contributed by atoms with van der Waals surface area (Å²) in [6.45, 7) is 1.45. The van der Waals surface area contributed by atoms with Gasteiger partial charge in [-0.15, -0.1) is 0 Å². The summed E-state index contributed by atoms with van der Waals surface area (Å²) in [7, 11) is 3.55. The topological polar surface area (TPSA) is 50.4 Å². The van der Waals surface area contributed by atoms with E-state index in [-0.39, 0.29) is 11.3 Å². The van der Waals surface area contributed by atoms with Gasteiger partial charge in [-0.25, -0.2) is 0 Å². The molecule has 0 spiro atoms. The molecule has 1 fully saturated rings. The Morgan fingerprint density at radius 2 is 2.21 bits per heavy atom. The Hall–Kier alpha value is -1.55. The molecule has 1 saturated carbocycles. The molecule has 4 nitrogen and oxygen atoms in total. The van der Waals surface area contributed by atoms with Gasteiger partial charge < -0.3 is 15.4 Å². The fourth-order valence-electron chi connectivity index (χ4n) is 2.31. The van der Waals surface area contributed by atoms with Gasteiger partial charge in [-0.1, -0.05) is 12.1 Å². The van der Waals surface area contributed by atoms with Gasteiger partial charge in [0, 0.05) is 13.1 Å². The molecule has 0 radical (unpaired) electrons. The van der Waals surface area contributed by atoms with Crippen LogP contribution in [0.4, 0.5) is 0 Å². The van der Waals surface area contributed by atoms with Crippen molar-refractivity contribution in [2.75, 3.05) is 27.2 Å². The predicted molar refractivity (Wildman–Crippen MR) is 75.3 cm³/mol. The molecule has 0 heterocycles. The Morgan fingerprint density at radius 1 is 1.42 bits per heavy atom. The van der Waals surface area contributed by atoms with Crippen molar-refractivity contribution in [3.63, 3.8) is 0 Å². The number of hydrogen-bond donors (Lipinski definition) is 2. The van der Waals surface area contributed by atoms with E-state index in [1.54, 1.807) is 7.11 Å². The van der Waals surface area contributed by atoms with Gasteiger partial charge >= 0.3 is 0 Å². The largest absolute Gasteiger partial charge is 0.497 e. The SMILES string of the molecule is CNCC1(C(=O)NCCc2cccc(OC)c2)CC1. The summed E-state index contributed by atoms with van der Waals surface area (Å²) >= 11 is 0. The molecule has 19 heavy (non-hydrogen) atoms. The van der Waals surface area contributed by atoms with E-state index in [0.29, 0.717) is 6.54 Å². The second-order valence-electron chi connectivity index (χ2n) is 5.17. The molecule has 4 heteroatoms. The summed E-state index contributed by atoms with van der Waals surface area (Å²) in [6.07, 6.45) is 2.83. The van der Waals surface area contributed by atoms with Crippen LogP contribution in [0.25, 0.3) is 0 Å². The first-order valence-corrected chi connectivity index (χ1v) is 6.76. The number of rotatable bonds is 7. The quantitative estimate of drug-likeness (QED) is 0.780. The van der Waals surface area contributed by atoms with Crippen LogP contribution < -0.4 is 15.4 Å². The lowest BCUT2D eigenvalue weighted by atomic mass is 10.1. The zero-order valence-electron chi connectivity index (χ0n) is 11.7. The van der Waals surface area contributed by atoms with Crippen LogP contribution in [0.15, 0.2) is 24.3 Å². The van der Waals surface area contributed by atoms with Crippen molar-refractivity contribution in [2.24, 2.45) is 5.41 Å². The first-order valence-electron chi connectivity index (χ1n) is 6.76. The monoisotopic (exact) mass is 262 g/mol. The molecule has 2 rings (SSSR count). The van der Waals surface area contributed by atoms with Gasteiger partial charge in [0.05, 0.1) is 12.5 Å². The maximum atomic E-state index is 12.1. The zero-order chi connectivity index (χ0) is 13.7. The minimum Gasteiger partial charge on any atom is -0.497 e. The number of nitrogens with one attached hydrogen (secondary N) is 2. The van der Waals surface area contributed by atoms with E-state index in [1.165, 1.54) is 5.56 Å². The lowest BCUT2D eigenvalue weighted by Gasteiger charge is -2.14. The molecule has 0 aromatic heterocycles. The van der Waals surface area contributed by atoms with Crippen LogP contribution >= 0.6 is 0 Å². The highest BCUT2D eigenvalue weighted by Gasteiger charge is 2.48. The van der Waals surface area contributed by atoms with Crippen molar-refractivity contribution in [3.8, 4) is 5.75 Å². The average Bonchev–Trinajstić information content (AvgIpc) is 3.20. The Kier molecular flexibility index (Phi) is 4.43. The molecule has 1 aliphatic carbocycles. The maximum absolute atomic E-state index is 12.1. The molecule has 0 atom stereocenters. The van der Waals surface area contributed by atoms with Gasteiger partial charge in [0.25, 0.3) is 0 Å². The number of ether oxygens (including phenoxy) is 1. The maximum Gasteiger partial charge on any atom is 0.227 e. The minimum atomic E-state index is -0.136. The second kappa shape index (κ2) is 6.06. The van der Waals surface area contributed by atoms with E-state index in [9.17, 15) is 4.79 Å². The first kappa shape index (κ1) is 13.9. The molecule has 1 aromatic carbocycles. The third kappa shape index (κ3) is 3.47. The van der Waals surface area contributed by atoms with Crippen LogP contribution in [0.1, 0.15) is 18.4 Å². The Balaban J connectivity index is 1.78. The predicted octanol–water partition coefficient (Wildman–Crippen LogP) is 1.35. The van der Waals surface area contributed by atoms with Crippen molar-refractivity contribution in [2.45, 2.75) is 19.3 Å². The normalized spacial score (nSPS) is 15.9. The molecule has 0 unspecified atom stereocenters. The molecule has 0 aliphatic heterocycles. The smallest absolute Gasteiger partial charge is 0.227 e. The zero-order valence-corrected chi connectivity index (χ0v) is 11.7. The van der Waals surface area contributed by atoms with Crippen molar-refractivity contribution >= 4 is 5.91 Å². The van der Waals surface area contributed by atoms with E-state index in [4.69, 9.17) is 4.74 Å². The van der Waals surface area contributed by atoms with Crippen molar-refractivity contribution < 1.29 is 9.53 Å². The van der Waals surface area contributed by atoms with Gasteiger partial charge in [-0.05, 0) is 44.0 Å². The number of amides is 1. The van der Waals surface area contributed by atoms with Crippen LogP contribution in [-0.4, -0.2) is 33.2 Å². The number of hydrogen-bond acceptors (Lipinski definition) is 3. The van der Waals surface area contributed by atoms with Crippen molar-refractivity contribution in [1.29, 1.82) is 0 Å². The Morgan fingerprint density at radius 3 is 2.84 bits per heavy atom. The van der Waals surface area contributed by atoms with Gasteiger partial charge in [0.15, 0.2) is 0 Å². The molecule has 1 amide bonds. The van der Waals surface area contributed by atoms with Crippen LogP contribution in [-0.2, 0) is 11.2 Å². The van der Waals surface area contributed by atoms with E-state index in [0.717, 1.165) is 31.6 Å². The van der Waals surface area contributed by atoms with Gasteiger partial charge in [-0.2, -0.15) is 0 Å². The molecule has 1 aliphatic rings. The Bertz CT molecular complexity index is 442. The van der Waals surface area contributed by atoms with Crippen LogP contribution in [0.3, 0.4) is 0 Å². The van der Waals surface area contributed by atoms with Gasteiger partial charge in [0.1, 0.15) is 5.75 Å². The van der Waals surface area contributed by atoms with Crippen molar-refractivity contribution in [1.82, 2.24) is 10.6 Å². The summed E-state index contributed by atoms with van der Waals surface area (Å²) in [4.78, 5) is 12.1. The highest BCUT2D eigenvalue weighted by atomic mass is 16.5. The van der Waals surface area contributed by atoms with Gasteiger partial charge in [0.2, 0.25) is 5.91 Å². The van der Waals surface area contributed by atoms with Crippen LogP contribution in [0, 0.1) is 5.41 Å². The molecule has 0 bridgehead atoms. The summed E-state index contributed by atoms with van der Waals surface area (Å²) < 4.78 is 5.18.